The van der Waals surface area contributed by atoms with Gasteiger partial charge in [-0.25, -0.2) is 0 Å². The molecule has 2 amide bonds. The van der Waals surface area contributed by atoms with Crippen molar-refractivity contribution in [2.75, 3.05) is 18.0 Å². The molecule has 30 heavy (non-hydrogen) atoms. The number of nitro benzene ring substituents is 1. The van der Waals surface area contributed by atoms with E-state index < -0.39 is 4.92 Å². The smallest absolute Gasteiger partial charge is 0.270 e. The number of piperidine rings is 1. The number of nitro groups is 1. The lowest BCUT2D eigenvalue weighted by atomic mass is 9.85. The van der Waals surface area contributed by atoms with Crippen LogP contribution in [0.4, 0.5) is 11.4 Å². The van der Waals surface area contributed by atoms with Crippen LogP contribution >= 0.6 is 0 Å². The topological polar surface area (TPSA) is 105 Å². The van der Waals surface area contributed by atoms with Crippen molar-refractivity contribution in [1.82, 2.24) is 10.6 Å². The third kappa shape index (κ3) is 5.49. The third-order valence-corrected chi connectivity index (χ3v) is 5.94. The molecule has 2 fully saturated rings. The van der Waals surface area contributed by atoms with Crippen molar-refractivity contribution in [3.8, 4) is 0 Å². The summed E-state index contributed by atoms with van der Waals surface area (Å²) in [5.41, 5.74) is 1.02. The van der Waals surface area contributed by atoms with Gasteiger partial charge in [0.15, 0.2) is 0 Å². The standard InChI is InChI=1S/C22H32N4O4/c1-15(2)23-21(27)16-7-6-8-17(13-16)24-22(28)19-14-18(26(29)30)9-10-20(19)25-11-4-3-5-12-25/h9-10,14-17H,3-8,11-13H2,1-2H3,(H,23,27)(H,24,28). The molecule has 8 heteroatoms. The number of carbonyl (C=O) groups is 2. The first-order chi connectivity index (χ1) is 14.3. The lowest BCUT2D eigenvalue weighted by Gasteiger charge is -2.32. The molecule has 0 radical (unpaired) electrons. The van der Waals surface area contributed by atoms with Crippen LogP contribution in [0, 0.1) is 16.0 Å². The van der Waals surface area contributed by atoms with Crippen LogP contribution in [-0.2, 0) is 4.79 Å². The summed E-state index contributed by atoms with van der Waals surface area (Å²) in [4.78, 5) is 38.5. The van der Waals surface area contributed by atoms with Crippen LogP contribution in [0.1, 0.15) is 69.2 Å². The van der Waals surface area contributed by atoms with Crippen molar-refractivity contribution >= 4 is 23.2 Å². The fraction of sp³-hybridized carbons (Fsp3) is 0.636. The van der Waals surface area contributed by atoms with Gasteiger partial charge in [0.05, 0.1) is 16.2 Å². The first-order valence-electron chi connectivity index (χ1n) is 11.0. The molecule has 1 aliphatic heterocycles. The molecule has 1 heterocycles. The molecule has 1 saturated heterocycles. The Bertz CT molecular complexity index is 789. The molecule has 0 spiro atoms. The van der Waals surface area contributed by atoms with E-state index in [1.54, 1.807) is 6.07 Å². The molecule has 2 unspecified atom stereocenters. The molecular formula is C22H32N4O4. The lowest BCUT2D eigenvalue weighted by Crippen LogP contribution is -2.44. The maximum Gasteiger partial charge on any atom is 0.270 e. The van der Waals surface area contributed by atoms with E-state index in [1.807, 2.05) is 13.8 Å². The maximum absolute atomic E-state index is 13.1. The fourth-order valence-corrected chi connectivity index (χ4v) is 4.45. The van der Waals surface area contributed by atoms with Gasteiger partial charge < -0.3 is 15.5 Å². The zero-order valence-corrected chi connectivity index (χ0v) is 17.9. The van der Waals surface area contributed by atoms with Crippen molar-refractivity contribution in [3.05, 3.63) is 33.9 Å². The Hall–Kier alpha value is -2.64. The highest BCUT2D eigenvalue weighted by Crippen LogP contribution is 2.29. The SMILES string of the molecule is CC(C)NC(=O)C1CCCC(NC(=O)c2cc([N+](=O)[O-])ccc2N2CCCCC2)C1. The average Bonchev–Trinajstić information content (AvgIpc) is 2.73. The Morgan fingerprint density at radius 3 is 2.53 bits per heavy atom. The van der Waals surface area contributed by atoms with Crippen LogP contribution < -0.4 is 15.5 Å². The van der Waals surface area contributed by atoms with Gasteiger partial charge in [0.2, 0.25) is 5.91 Å². The lowest BCUT2D eigenvalue weighted by molar-refractivity contribution is -0.384. The monoisotopic (exact) mass is 416 g/mol. The van der Waals surface area contributed by atoms with Crippen LogP contribution in [0.5, 0.6) is 0 Å². The van der Waals surface area contributed by atoms with E-state index in [4.69, 9.17) is 0 Å². The molecule has 1 aromatic carbocycles. The number of amides is 2. The molecule has 1 aromatic rings. The minimum absolute atomic E-state index is 0.0355. The number of nitrogens with zero attached hydrogens (tertiary/aromatic N) is 2. The number of anilines is 1. The summed E-state index contributed by atoms with van der Waals surface area (Å²) in [6, 6.07) is 4.52. The fourth-order valence-electron chi connectivity index (χ4n) is 4.45. The number of non-ortho nitro benzene ring substituents is 1. The van der Waals surface area contributed by atoms with Gasteiger partial charge in [-0.2, -0.15) is 0 Å². The zero-order valence-electron chi connectivity index (χ0n) is 17.9. The highest BCUT2D eigenvalue weighted by Gasteiger charge is 2.30. The summed E-state index contributed by atoms with van der Waals surface area (Å²) in [7, 11) is 0. The molecular weight excluding hydrogens is 384 g/mol. The van der Waals surface area contributed by atoms with E-state index in [-0.39, 0.29) is 35.5 Å². The van der Waals surface area contributed by atoms with Crippen LogP contribution in [0.15, 0.2) is 18.2 Å². The van der Waals surface area contributed by atoms with Gasteiger partial charge in [-0.15, -0.1) is 0 Å². The van der Waals surface area contributed by atoms with Gasteiger partial charge in [-0.1, -0.05) is 6.42 Å². The summed E-state index contributed by atoms with van der Waals surface area (Å²) in [5.74, 6) is -0.374. The van der Waals surface area contributed by atoms with E-state index in [2.05, 4.69) is 15.5 Å². The second kappa shape index (κ2) is 9.91. The molecule has 1 saturated carbocycles. The third-order valence-electron chi connectivity index (χ3n) is 5.94. The van der Waals surface area contributed by atoms with Crippen molar-refractivity contribution in [3.63, 3.8) is 0 Å². The average molecular weight is 417 g/mol. The van der Waals surface area contributed by atoms with Gasteiger partial charge in [0.25, 0.3) is 11.6 Å². The predicted molar refractivity (Wildman–Crippen MR) is 116 cm³/mol. The van der Waals surface area contributed by atoms with E-state index >= 15 is 0 Å². The molecule has 8 nitrogen and oxygen atoms in total. The molecule has 1 aliphatic carbocycles. The van der Waals surface area contributed by atoms with Crippen molar-refractivity contribution < 1.29 is 14.5 Å². The molecule has 0 bridgehead atoms. The molecule has 3 rings (SSSR count). The highest BCUT2D eigenvalue weighted by molar-refractivity contribution is 6.00. The quantitative estimate of drug-likeness (QED) is 0.546. The number of rotatable bonds is 6. The minimum atomic E-state index is -0.469. The minimum Gasteiger partial charge on any atom is -0.371 e. The summed E-state index contributed by atoms with van der Waals surface area (Å²) in [6.07, 6.45) is 6.35. The normalized spacial score (nSPS) is 21.9. The summed E-state index contributed by atoms with van der Waals surface area (Å²) >= 11 is 0. The van der Waals surface area contributed by atoms with E-state index in [0.717, 1.165) is 57.3 Å². The van der Waals surface area contributed by atoms with E-state index in [1.165, 1.54) is 12.1 Å². The van der Waals surface area contributed by atoms with Crippen LogP contribution in [-0.4, -0.2) is 41.9 Å². The van der Waals surface area contributed by atoms with Gasteiger partial charge in [-0.05, 0) is 58.4 Å². The van der Waals surface area contributed by atoms with Gasteiger partial charge in [0, 0.05) is 43.2 Å². The first kappa shape index (κ1) is 22.1. The Kier molecular flexibility index (Phi) is 7.29. The molecule has 2 N–H and O–H groups in total. The van der Waals surface area contributed by atoms with E-state index in [9.17, 15) is 19.7 Å². The summed E-state index contributed by atoms with van der Waals surface area (Å²) in [6.45, 7) is 5.56. The van der Waals surface area contributed by atoms with Crippen LogP contribution in [0.25, 0.3) is 0 Å². The second-order valence-electron chi connectivity index (χ2n) is 8.70. The van der Waals surface area contributed by atoms with Gasteiger partial charge in [0.1, 0.15) is 0 Å². The van der Waals surface area contributed by atoms with Crippen molar-refractivity contribution in [2.45, 2.75) is 70.9 Å². The van der Waals surface area contributed by atoms with Gasteiger partial charge >= 0.3 is 0 Å². The first-order valence-corrected chi connectivity index (χ1v) is 11.0. The Balaban J connectivity index is 1.75. The molecule has 2 atom stereocenters. The number of hydrogen-bond donors (Lipinski definition) is 2. The van der Waals surface area contributed by atoms with E-state index in [0.29, 0.717) is 12.0 Å². The van der Waals surface area contributed by atoms with Gasteiger partial charge in [-0.3, -0.25) is 19.7 Å². The number of benzene rings is 1. The largest absolute Gasteiger partial charge is 0.371 e. The Labute approximate surface area is 177 Å². The molecule has 0 aromatic heterocycles. The van der Waals surface area contributed by atoms with Crippen LogP contribution in [0.3, 0.4) is 0 Å². The summed E-state index contributed by atoms with van der Waals surface area (Å²) in [5, 5.41) is 17.3. The second-order valence-corrected chi connectivity index (χ2v) is 8.70. The van der Waals surface area contributed by atoms with Crippen molar-refractivity contribution in [2.24, 2.45) is 5.92 Å². The van der Waals surface area contributed by atoms with Crippen molar-refractivity contribution in [1.29, 1.82) is 0 Å². The highest BCUT2D eigenvalue weighted by atomic mass is 16.6. The predicted octanol–water partition coefficient (Wildman–Crippen LogP) is 3.40. The Morgan fingerprint density at radius 2 is 1.87 bits per heavy atom. The number of nitrogens with one attached hydrogen (secondary N) is 2. The zero-order chi connectivity index (χ0) is 21.7. The molecule has 2 aliphatic rings. The summed E-state index contributed by atoms with van der Waals surface area (Å²) < 4.78 is 0. The Morgan fingerprint density at radius 1 is 1.13 bits per heavy atom. The van der Waals surface area contributed by atoms with Crippen LogP contribution in [0.2, 0.25) is 0 Å². The number of carbonyl (C=O) groups excluding carboxylic acids is 2. The molecule has 164 valence electrons. The maximum atomic E-state index is 13.1. The number of hydrogen-bond acceptors (Lipinski definition) is 5.